The van der Waals surface area contributed by atoms with Crippen molar-refractivity contribution in [3.05, 3.63) is 54.2 Å². The average Bonchev–Trinajstić information content (AvgIpc) is 2.96. The number of thiazole rings is 1. The van der Waals surface area contributed by atoms with E-state index in [2.05, 4.69) is 40.7 Å². The van der Waals surface area contributed by atoms with Crippen molar-refractivity contribution in [3.63, 3.8) is 0 Å². The summed E-state index contributed by atoms with van der Waals surface area (Å²) in [6.07, 6.45) is 2.05. The lowest BCUT2D eigenvalue weighted by molar-refractivity contribution is 0.475. The first-order valence-electron chi connectivity index (χ1n) is 6.38. The zero-order chi connectivity index (χ0) is 13.7. The van der Waals surface area contributed by atoms with Gasteiger partial charge in [-0.05, 0) is 48.9 Å². The van der Waals surface area contributed by atoms with Gasteiger partial charge in [-0.1, -0.05) is 17.4 Å². The molecule has 0 unspecified atom stereocenters. The number of phenolic OH excluding ortho intramolecular Hbond substituents is 1. The van der Waals surface area contributed by atoms with Crippen molar-refractivity contribution in [2.24, 2.45) is 0 Å². The first-order chi connectivity index (χ1) is 9.70. The van der Waals surface area contributed by atoms with Crippen LogP contribution < -0.4 is 0 Å². The summed E-state index contributed by atoms with van der Waals surface area (Å²) in [6.45, 7) is 2.10. The van der Waals surface area contributed by atoms with E-state index in [1.165, 1.54) is 15.8 Å². The zero-order valence-electron chi connectivity index (χ0n) is 10.9. The van der Waals surface area contributed by atoms with Gasteiger partial charge in [0.1, 0.15) is 5.75 Å². The predicted octanol–water partition coefficient (Wildman–Crippen LogP) is 4.23. The molecule has 0 radical (unpaired) electrons. The van der Waals surface area contributed by atoms with E-state index in [1.807, 2.05) is 12.1 Å². The topological polar surface area (TPSA) is 37.5 Å². The van der Waals surface area contributed by atoms with Crippen molar-refractivity contribution in [2.45, 2.75) is 6.92 Å². The van der Waals surface area contributed by atoms with Gasteiger partial charge in [0.05, 0.1) is 15.9 Å². The number of rotatable bonds is 1. The van der Waals surface area contributed by atoms with Crippen LogP contribution in [0.25, 0.3) is 26.4 Å². The van der Waals surface area contributed by atoms with E-state index in [4.69, 9.17) is 0 Å². The van der Waals surface area contributed by atoms with Crippen LogP contribution in [0.4, 0.5) is 0 Å². The fourth-order valence-electron chi connectivity index (χ4n) is 2.38. The van der Waals surface area contributed by atoms with Crippen molar-refractivity contribution in [3.8, 4) is 17.0 Å². The molecule has 0 fully saturated rings. The van der Waals surface area contributed by atoms with E-state index >= 15 is 0 Å². The molecule has 3 nitrogen and oxygen atoms in total. The molecule has 0 aliphatic heterocycles. The van der Waals surface area contributed by atoms with Crippen molar-refractivity contribution in [2.75, 3.05) is 0 Å². The van der Waals surface area contributed by atoms with Crippen LogP contribution >= 0.6 is 11.3 Å². The first-order valence-corrected chi connectivity index (χ1v) is 7.20. The van der Waals surface area contributed by atoms with E-state index < -0.39 is 0 Å². The van der Waals surface area contributed by atoms with E-state index in [1.54, 1.807) is 23.5 Å². The number of fused-ring (bicyclic) bond motifs is 3. The highest BCUT2D eigenvalue weighted by Gasteiger charge is 2.10. The molecule has 98 valence electrons. The Labute approximate surface area is 119 Å². The smallest absolute Gasteiger partial charge is 0.195 e. The SMILES string of the molecule is Cc1ccc2c(c1)sc1nc(-c3ccc(O)cc3)cn12. The van der Waals surface area contributed by atoms with Crippen LogP contribution in [-0.4, -0.2) is 14.5 Å². The summed E-state index contributed by atoms with van der Waals surface area (Å²) in [5.41, 5.74) is 4.39. The average molecular weight is 280 g/mol. The Morgan fingerprint density at radius 2 is 1.90 bits per heavy atom. The van der Waals surface area contributed by atoms with E-state index in [0.717, 1.165) is 16.2 Å². The Bertz CT molecular complexity index is 919. The van der Waals surface area contributed by atoms with E-state index in [0.29, 0.717) is 0 Å². The van der Waals surface area contributed by atoms with Gasteiger partial charge < -0.3 is 5.11 Å². The highest BCUT2D eigenvalue weighted by Crippen LogP contribution is 2.30. The molecule has 2 heterocycles. The minimum absolute atomic E-state index is 0.274. The third kappa shape index (κ3) is 1.69. The third-order valence-corrected chi connectivity index (χ3v) is 4.43. The van der Waals surface area contributed by atoms with Gasteiger partial charge in [0, 0.05) is 11.8 Å². The number of aromatic nitrogens is 2. The summed E-state index contributed by atoms with van der Waals surface area (Å²) in [4.78, 5) is 5.67. The van der Waals surface area contributed by atoms with Gasteiger partial charge in [0.25, 0.3) is 0 Å². The molecule has 0 saturated heterocycles. The number of hydrogen-bond acceptors (Lipinski definition) is 3. The number of aryl methyl sites for hydroxylation is 1. The van der Waals surface area contributed by atoms with E-state index in [-0.39, 0.29) is 5.75 Å². The molecule has 1 N–H and O–H groups in total. The minimum Gasteiger partial charge on any atom is -0.508 e. The van der Waals surface area contributed by atoms with Gasteiger partial charge >= 0.3 is 0 Å². The van der Waals surface area contributed by atoms with Gasteiger partial charge in [0.2, 0.25) is 0 Å². The third-order valence-electron chi connectivity index (χ3n) is 3.41. The summed E-state index contributed by atoms with van der Waals surface area (Å²) in [5, 5.41) is 9.35. The maximum Gasteiger partial charge on any atom is 0.195 e. The highest BCUT2D eigenvalue weighted by molar-refractivity contribution is 7.23. The Kier molecular flexibility index (Phi) is 2.35. The molecule has 0 amide bonds. The fraction of sp³-hybridized carbons (Fsp3) is 0.0625. The van der Waals surface area contributed by atoms with Crippen LogP contribution in [0.3, 0.4) is 0 Å². The second-order valence-corrected chi connectivity index (χ2v) is 5.91. The van der Waals surface area contributed by atoms with Crippen LogP contribution in [0.2, 0.25) is 0 Å². The molecule has 0 saturated carbocycles. The van der Waals surface area contributed by atoms with Crippen LogP contribution in [0.5, 0.6) is 5.75 Å². The second-order valence-electron chi connectivity index (χ2n) is 4.90. The second kappa shape index (κ2) is 4.08. The number of hydrogen-bond donors (Lipinski definition) is 1. The summed E-state index contributed by atoms with van der Waals surface area (Å²) < 4.78 is 3.38. The molecular weight excluding hydrogens is 268 g/mol. The van der Waals surface area contributed by atoms with Gasteiger partial charge in [-0.2, -0.15) is 0 Å². The molecule has 2 aromatic carbocycles. The minimum atomic E-state index is 0.274. The largest absolute Gasteiger partial charge is 0.508 e. The van der Waals surface area contributed by atoms with Crippen LogP contribution in [-0.2, 0) is 0 Å². The molecule has 2 aromatic heterocycles. The summed E-state index contributed by atoms with van der Waals surface area (Å²) in [7, 11) is 0. The van der Waals surface area contributed by atoms with Crippen molar-refractivity contribution < 1.29 is 5.11 Å². The molecule has 0 aliphatic rings. The van der Waals surface area contributed by atoms with Crippen LogP contribution in [0.15, 0.2) is 48.7 Å². The lowest BCUT2D eigenvalue weighted by Crippen LogP contribution is -1.78. The lowest BCUT2D eigenvalue weighted by atomic mass is 10.2. The Balaban J connectivity index is 1.93. The first kappa shape index (κ1) is 11.5. The summed E-state index contributed by atoms with van der Waals surface area (Å²) >= 11 is 1.70. The van der Waals surface area contributed by atoms with Gasteiger partial charge in [-0.3, -0.25) is 4.40 Å². The molecule has 0 spiro atoms. The lowest BCUT2D eigenvalue weighted by Gasteiger charge is -1.96. The molecular formula is C16H12N2OS. The molecule has 4 aromatic rings. The summed E-state index contributed by atoms with van der Waals surface area (Å²) in [6, 6.07) is 13.6. The normalized spacial score (nSPS) is 11.4. The molecule has 4 rings (SSSR count). The number of aromatic hydroxyl groups is 1. The van der Waals surface area contributed by atoms with Crippen LogP contribution in [0, 0.1) is 6.92 Å². The number of benzene rings is 2. The monoisotopic (exact) mass is 280 g/mol. The van der Waals surface area contributed by atoms with Crippen LogP contribution in [0.1, 0.15) is 5.56 Å². The Morgan fingerprint density at radius 3 is 2.70 bits per heavy atom. The van der Waals surface area contributed by atoms with Crippen molar-refractivity contribution in [1.29, 1.82) is 0 Å². The Hall–Kier alpha value is -2.33. The highest BCUT2D eigenvalue weighted by atomic mass is 32.1. The number of phenols is 1. The van der Waals surface area contributed by atoms with Gasteiger partial charge in [0.15, 0.2) is 4.96 Å². The fourth-order valence-corrected chi connectivity index (χ4v) is 3.49. The van der Waals surface area contributed by atoms with Crippen molar-refractivity contribution in [1.82, 2.24) is 9.38 Å². The van der Waals surface area contributed by atoms with Gasteiger partial charge in [-0.25, -0.2) is 4.98 Å². The maximum absolute atomic E-state index is 9.35. The summed E-state index contributed by atoms with van der Waals surface area (Å²) in [5.74, 6) is 0.274. The quantitative estimate of drug-likeness (QED) is 0.566. The standard InChI is InChI=1S/C16H12N2OS/c1-10-2-7-14-15(8-10)20-16-17-13(9-18(14)16)11-3-5-12(19)6-4-11/h2-9,19H,1H3. The van der Waals surface area contributed by atoms with Crippen molar-refractivity contribution >= 4 is 26.5 Å². The number of nitrogens with zero attached hydrogens (tertiary/aromatic N) is 2. The molecule has 0 bridgehead atoms. The Morgan fingerprint density at radius 1 is 1.10 bits per heavy atom. The number of imidazole rings is 1. The van der Waals surface area contributed by atoms with E-state index in [9.17, 15) is 5.11 Å². The maximum atomic E-state index is 9.35. The molecule has 0 atom stereocenters. The molecule has 4 heteroatoms. The zero-order valence-corrected chi connectivity index (χ0v) is 11.7. The molecule has 0 aliphatic carbocycles. The van der Waals surface area contributed by atoms with Gasteiger partial charge in [-0.15, -0.1) is 0 Å². The molecule has 20 heavy (non-hydrogen) atoms. The predicted molar refractivity (Wildman–Crippen MR) is 82.4 cm³/mol.